The summed E-state index contributed by atoms with van der Waals surface area (Å²) in [5.41, 5.74) is 5.97. The van der Waals surface area contributed by atoms with Gasteiger partial charge in [-0.15, -0.1) is 0 Å². The first-order valence-corrected chi connectivity index (χ1v) is 6.57. The first kappa shape index (κ1) is 14.5. The Kier molecular flexibility index (Phi) is 4.95. The summed E-state index contributed by atoms with van der Waals surface area (Å²) in [5.74, 6) is -0.239. The van der Waals surface area contributed by atoms with Crippen molar-refractivity contribution < 1.29 is 9.90 Å². The third kappa shape index (κ3) is 3.96. The molecule has 1 unspecified atom stereocenters. The lowest BCUT2D eigenvalue weighted by molar-refractivity contribution is -0.131. The molecule has 1 amide bonds. The summed E-state index contributed by atoms with van der Waals surface area (Å²) in [4.78, 5) is 11.7. The molecule has 0 saturated heterocycles. The Morgan fingerprint density at radius 3 is 2.41 bits per heavy atom. The minimum absolute atomic E-state index is 0.0952. The van der Waals surface area contributed by atoms with Gasteiger partial charge in [-0.05, 0) is 24.2 Å². The number of nitrogens with one attached hydrogen (secondary N) is 1. The Bertz CT molecular complexity index is 260. The van der Waals surface area contributed by atoms with E-state index in [2.05, 4.69) is 12.2 Å². The first-order chi connectivity index (χ1) is 7.86. The number of hydrogen-bond acceptors (Lipinski definition) is 3. The van der Waals surface area contributed by atoms with Crippen LogP contribution in [0, 0.1) is 11.3 Å². The van der Waals surface area contributed by atoms with Gasteiger partial charge in [-0.2, -0.15) is 0 Å². The number of amides is 1. The number of rotatable bonds is 5. The molecule has 0 bridgehead atoms. The van der Waals surface area contributed by atoms with Crippen LogP contribution in [0.15, 0.2) is 0 Å². The molecule has 2 atom stereocenters. The van der Waals surface area contributed by atoms with Gasteiger partial charge in [-0.1, -0.05) is 33.6 Å². The van der Waals surface area contributed by atoms with Crippen LogP contribution in [0.2, 0.25) is 0 Å². The smallest absolute Gasteiger partial charge is 0.250 e. The Labute approximate surface area is 104 Å². The second-order valence-electron chi connectivity index (χ2n) is 6.00. The molecule has 1 fully saturated rings. The van der Waals surface area contributed by atoms with Crippen molar-refractivity contribution in [2.24, 2.45) is 17.1 Å². The Balaban J connectivity index is 2.38. The van der Waals surface area contributed by atoms with Crippen molar-refractivity contribution in [3.05, 3.63) is 0 Å². The van der Waals surface area contributed by atoms with Crippen molar-refractivity contribution in [3.8, 4) is 0 Å². The van der Waals surface area contributed by atoms with Gasteiger partial charge in [-0.25, -0.2) is 0 Å². The molecule has 4 N–H and O–H groups in total. The normalized spacial score (nSPS) is 22.5. The maximum atomic E-state index is 11.7. The third-order valence-electron chi connectivity index (χ3n) is 3.90. The van der Waals surface area contributed by atoms with Crippen molar-refractivity contribution in [3.63, 3.8) is 0 Å². The second-order valence-corrected chi connectivity index (χ2v) is 6.00. The van der Waals surface area contributed by atoms with Gasteiger partial charge in [0, 0.05) is 12.6 Å². The number of carbonyl (C=O) groups is 1. The predicted molar refractivity (Wildman–Crippen MR) is 68.4 cm³/mol. The van der Waals surface area contributed by atoms with Gasteiger partial charge in [0.1, 0.15) is 6.10 Å². The predicted octanol–water partition coefficient (Wildman–Crippen LogP) is 1.03. The molecule has 4 nitrogen and oxygen atoms in total. The molecule has 1 aliphatic carbocycles. The van der Waals surface area contributed by atoms with E-state index in [0.717, 1.165) is 12.8 Å². The van der Waals surface area contributed by atoms with E-state index in [9.17, 15) is 9.90 Å². The average molecular weight is 242 g/mol. The zero-order valence-corrected chi connectivity index (χ0v) is 11.2. The summed E-state index contributed by atoms with van der Waals surface area (Å²) in [5, 5.41) is 12.6. The zero-order chi connectivity index (χ0) is 13.1. The van der Waals surface area contributed by atoms with Crippen LogP contribution in [-0.2, 0) is 4.79 Å². The summed E-state index contributed by atoms with van der Waals surface area (Å²) in [7, 11) is 0. The van der Waals surface area contributed by atoms with E-state index in [0.29, 0.717) is 6.54 Å². The second kappa shape index (κ2) is 5.83. The van der Waals surface area contributed by atoms with Crippen molar-refractivity contribution in [1.29, 1.82) is 0 Å². The molecule has 17 heavy (non-hydrogen) atoms. The number of aliphatic hydroxyl groups is 1. The van der Waals surface area contributed by atoms with Crippen LogP contribution in [0.25, 0.3) is 0 Å². The van der Waals surface area contributed by atoms with Crippen LogP contribution in [-0.4, -0.2) is 29.7 Å². The molecular weight excluding hydrogens is 216 g/mol. The maximum absolute atomic E-state index is 11.7. The molecule has 0 aromatic carbocycles. The molecule has 1 saturated carbocycles. The van der Waals surface area contributed by atoms with E-state index in [1.807, 2.05) is 13.8 Å². The topological polar surface area (TPSA) is 75.3 Å². The third-order valence-corrected chi connectivity index (χ3v) is 3.90. The van der Waals surface area contributed by atoms with Crippen LogP contribution >= 0.6 is 0 Å². The van der Waals surface area contributed by atoms with Gasteiger partial charge in [0.05, 0.1) is 0 Å². The van der Waals surface area contributed by atoms with Gasteiger partial charge in [0.25, 0.3) is 0 Å². The minimum Gasteiger partial charge on any atom is -0.382 e. The molecule has 0 aliphatic heterocycles. The van der Waals surface area contributed by atoms with E-state index >= 15 is 0 Å². The van der Waals surface area contributed by atoms with Crippen LogP contribution in [0.3, 0.4) is 0 Å². The molecule has 1 aliphatic rings. The number of aliphatic hydroxyl groups excluding tert-OH is 1. The van der Waals surface area contributed by atoms with E-state index in [-0.39, 0.29) is 17.2 Å². The maximum Gasteiger partial charge on any atom is 0.250 e. The summed E-state index contributed by atoms with van der Waals surface area (Å²) >= 11 is 0. The van der Waals surface area contributed by atoms with Crippen LogP contribution in [0.5, 0.6) is 0 Å². The molecule has 4 heteroatoms. The molecule has 100 valence electrons. The van der Waals surface area contributed by atoms with E-state index < -0.39 is 12.1 Å². The van der Waals surface area contributed by atoms with Crippen molar-refractivity contribution in [1.82, 2.24) is 5.32 Å². The van der Waals surface area contributed by atoms with Gasteiger partial charge in [0.15, 0.2) is 0 Å². The molecule has 0 spiro atoms. The highest BCUT2D eigenvalue weighted by Crippen LogP contribution is 2.36. The standard InChI is InChI=1S/C13H26N2O2/c1-9(2)10(14)11(16)12(17)15-8-13(3)6-4-5-7-13/h9-11,16H,4-8,14H2,1-3H3,(H,15,17)/t10-,11?/m0/s1. The Hall–Kier alpha value is -0.610. The van der Waals surface area contributed by atoms with Gasteiger partial charge >= 0.3 is 0 Å². The number of nitrogens with two attached hydrogens (primary N) is 1. The fourth-order valence-corrected chi connectivity index (χ4v) is 2.35. The van der Waals surface area contributed by atoms with Crippen LogP contribution < -0.4 is 11.1 Å². The minimum atomic E-state index is -1.10. The van der Waals surface area contributed by atoms with Crippen molar-refractivity contribution in [2.45, 2.75) is 58.6 Å². The van der Waals surface area contributed by atoms with Crippen molar-refractivity contribution in [2.75, 3.05) is 6.54 Å². The van der Waals surface area contributed by atoms with Crippen LogP contribution in [0.1, 0.15) is 46.5 Å². The molecule has 0 heterocycles. The Morgan fingerprint density at radius 1 is 1.41 bits per heavy atom. The SMILES string of the molecule is CC(C)[C@H](N)C(O)C(=O)NCC1(C)CCCC1. The highest BCUT2D eigenvalue weighted by Gasteiger charge is 2.31. The molecule has 0 aromatic rings. The largest absolute Gasteiger partial charge is 0.382 e. The molecular formula is C13H26N2O2. The van der Waals surface area contributed by atoms with Gasteiger partial charge in [0.2, 0.25) is 5.91 Å². The van der Waals surface area contributed by atoms with Gasteiger partial charge < -0.3 is 16.2 Å². The number of carbonyl (C=O) groups excluding carboxylic acids is 1. The summed E-state index contributed by atoms with van der Waals surface area (Å²) < 4.78 is 0. The van der Waals surface area contributed by atoms with Crippen LogP contribution in [0.4, 0.5) is 0 Å². The van der Waals surface area contributed by atoms with E-state index in [1.54, 1.807) is 0 Å². The summed E-state index contributed by atoms with van der Waals surface area (Å²) in [6, 6.07) is -0.494. The quantitative estimate of drug-likeness (QED) is 0.674. The lowest BCUT2D eigenvalue weighted by Crippen LogP contribution is -2.50. The Morgan fingerprint density at radius 2 is 1.94 bits per heavy atom. The summed E-state index contributed by atoms with van der Waals surface area (Å²) in [6.07, 6.45) is 3.68. The fourth-order valence-electron chi connectivity index (χ4n) is 2.35. The monoisotopic (exact) mass is 242 g/mol. The van der Waals surface area contributed by atoms with Crippen molar-refractivity contribution >= 4 is 5.91 Å². The first-order valence-electron chi connectivity index (χ1n) is 6.57. The highest BCUT2D eigenvalue weighted by atomic mass is 16.3. The lowest BCUT2D eigenvalue weighted by Gasteiger charge is -2.26. The van der Waals surface area contributed by atoms with E-state index in [1.165, 1.54) is 12.8 Å². The summed E-state index contributed by atoms with van der Waals surface area (Å²) in [6.45, 7) is 6.64. The number of hydrogen-bond donors (Lipinski definition) is 3. The van der Waals surface area contributed by atoms with E-state index in [4.69, 9.17) is 5.73 Å². The lowest BCUT2D eigenvalue weighted by atomic mass is 9.88. The highest BCUT2D eigenvalue weighted by molar-refractivity contribution is 5.81. The molecule has 0 radical (unpaired) electrons. The zero-order valence-electron chi connectivity index (χ0n) is 11.2. The van der Waals surface area contributed by atoms with Gasteiger partial charge in [-0.3, -0.25) is 4.79 Å². The molecule has 1 rings (SSSR count). The fraction of sp³-hybridized carbons (Fsp3) is 0.923. The average Bonchev–Trinajstić information content (AvgIpc) is 2.71. The molecule has 0 aromatic heterocycles.